The molecule has 2 N–H and O–H groups in total. The summed E-state index contributed by atoms with van der Waals surface area (Å²) in [6.45, 7) is 1.99. The molecule has 0 aliphatic rings. The number of aryl methyl sites for hydroxylation is 1. The van der Waals surface area contributed by atoms with E-state index in [9.17, 15) is 4.79 Å². The van der Waals surface area contributed by atoms with E-state index in [1.54, 1.807) is 24.5 Å². The summed E-state index contributed by atoms with van der Waals surface area (Å²) in [5, 5.41) is 0. The zero-order chi connectivity index (χ0) is 12.3. The fraction of sp³-hybridized carbons (Fsp3) is 0.154. The number of anilines is 1. The number of aromatic nitrogens is 2. The second-order valence-electron chi connectivity index (χ2n) is 3.63. The normalized spacial score (nSPS) is 10.2. The third kappa shape index (κ3) is 2.15. The van der Waals surface area contributed by atoms with E-state index in [2.05, 4.69) is 9.97 Å². The van der Waals surface area contributed by atoms with Gasteiger partial charge < -0.3 is 5.73 Å². The van der Waals surface area contributed by atoms with E-state index >= 15 is 0 Å². The molecule has 0 aliphatic carbocycles. The Hall–Kier alpha value is -2.23. The van der Waals surface area contributed by atoms with Crippen molar-refractivity contribution in [3.8, 4) is 0 Å². The van der Waals surface area contributed by atoms with Gasteiger partial charge in [-0.2, -0.15) is 0 Å². The molecule has 17 heavy (non-hydrogen) atoms. The van der Waals surface area contributed by atoms with Crippen molar-refractivity contribution >= 4 is 11.6 Å². The Morgan fingerprint density at radius 1 is 1.24 bits per heavy atom. The number of hydrogen-bond acceptors (Lipinski definition) is 4. The highest BCUT2D eigenvalue weighted by Gasteiger charge is 2.16. The highest BCUT2D eigenvalue weighted by atomic mass is 16.1. The van der Waals surface area contributed by atoms with Gasteiger partial charge in [0.25, 0.3) is 0 Å². The summed E-state index contributed by atoms with van der Waals surface area (Å²) in [7, 11) is 0. The Morgan fingerprint density at radius 2 is 1.94 bits per heavy atom. The van der Waals surface area contributed by atoms with Gasteiger partial charge in [-0.25, -0.2) is 4.98 Å². The van der Waals surface area contributed by atoms with E-state index in [4.69, 9.17) is 5.73 Å². The van der Waals surface area contributed by atoms with Gasteiger partial charge in [0.1, 0.15) is 11.5 Å². The maximum absolute atomic E-state index is 12.3. The fourth-order valence-corrected chi connectivity index (χ4v) is 1.67. The standard InChI is InChI=1S/C13H13N3O/c1-2-9-5-3-7-15-11(9)12(17)10-6-4-8-16-13(10)14/h3-8H,2H2,1H3,(H2,14,16). The van der Waals surface area contributed by atoms with E-state index in [1.165, 1.54) is 0 Å². The second kappa shape index (κ2) is 4.74. The zero-order valence-corrected chi connectivity index (χ0v) is 9.55. The predicted octanol–water partition coefficient (Wildman–Crippen LogP) is 1.85. The van der Waals surface area contributed by atoms with Crippen molar-refractivity contribution < 1.29 is 4.79 Å². The largest absolute Gasteiger partial charge is 0.383 e. The summed E-state index contributed by atoms with van der Waals surface area (Å²) in [4.78, 5) is 20.3. The molecule has 86 valence electrons. The molecule has 0 spiro atoms. The monoisotopic (exact) mass is 227 g/mol. The molecule has 4 heteroatoms. The Labute approximate surface area is 99.5 Å². The van der Waals surface area contributed by atoms with Crippen molar-refractivity contribution in [2.45, 2.75) is 13.3 Å². The third-order valence-corrected chi connectivity index (χ3v) is 2.57. The number of nitrogens with zero attached hydrogens (tertiary/aromatic N) is 2. The molecule has 0 radical (unpaired) electrons. The van der Waals surface area contributed by atoms with E-state index in [-0.39, 0.29) is 11.6 Å². The van der Waals surface area contributed by atoms with Crippen molar-refractivity contribution in [1.29, 1.82) is 0 Å². The van der Waals surface area contributed by atoms with Crippen molar-refractivity contribution in [3.63, 3.8) is 0 Å². The number of ketones is 1. The highest BCUT2D eigenvalue weighted by Crippen LogP contribution is 2.15. The van der Waals surface area contributed by atoms with Gasteiger partial charge in [-0.3, -0.25) is 9.78 Å². The lowest BCUT2D eigenvalue weighted by Gasteiger charge is -2.06. The van der Waals surface area contributed by atoms with Crippen LogP contribution in [0.2, 0.25) is 0 Å². The van der Waals surface area contributed by atoms with Crippen LogP contribution in [0.4, 0.5) is 5.82 Å². The highest BCUT2D eigenvalue weighted by molar-refractivity contribution is 6.11. The average Bonchev–Trinajstić information content (AvgIpc) is 2.38. The topological polar surface area (TPSA) is 68.9 Å². The molecule has 0 bridgehead atoms. The van der Waals surface area contributed by atoms with Crippen LogP contribution in [-0.2, 0) is 6.42 Å². The lowest BCUT2D eigenvalue weighted by molar-refractivity contribution is 0.103. The maximum Gasteiger partial charge on any atom is 0.215 e. The van der Waals surface area contributed by atoms with Gasteiger partial charge in [0.05, 0.1) is 5.56 Å². The SMILES string of the molecule is CCc1cccnc1C(=O)c1cccnc1N. The molecule has 0 atom stereocenters. The van der Waals surface area contributed by atoms with Gasteiger partial charge >= 0.3 is 0 Å². The Bertz CT molecular complexity index is 552. The van der Waals surface area contributed by atoms with Crippen LogP contribution in [0.5, 0.6) is 0 Å². The Morgan fingerprint density at radius 3 is 2.65 bits per heavy atom. The summed E-state index contributed by atoms with van der Waals surface area (Å²) in [6, 6.07) is 7.08. The van der Waals surface area contributed by atoms with E-state index in [0.29, 0.717) is 11.3 Å². The summed E-state index contributed by atoms with van der Waals surface area (Å²) >= 11 is 0. The van der Waals surface area contributed by atoms with E-state index < -0.39 is 0 Å². The van der Waals surface area contributed by atoms with Crippen LogP contribution in [0.15, 0.2) is 36.7 Å². The minimum absolute atomic E-state index is 0.173. The van der Waals surface area contributed by atoms with Gasteiger partial charge in [-0.15, -0.1) is 0 Å². The molecule has 2 aromatic rings. The first-order valence-corrected chi connectivity index (χ1v) is 5.43. The minimum Gasteiger partial charge on any atom is -0.383 e. The van der Waals surface area contributed by atoms with E-state index in [0.717, 1.165) is 12.0 Å². The van der Waals surface area contributed by atoms with Crippen LogP contribution in [-0.4, -0.2) is 15.8 Å². The van der Waals surface area contributed by atoms with Gasteiger partial charge in [0, 0.05) is 12.4 Å². The first-order valence-electron chi connectivity index (χ1n) is 5.43. The van der Waals surface area contributed by atoms with Crippen LogP contribution < -0.4 is 5.73 Å². The van der Waals surface area contributed by atoms with Crippen LogP contribution in [0.25, 0.3) is 0 Å². The number of hydrogen-bond donors (Lipinski definition) is 1. The molecule has 0 amide bonds. The summed E-state index contributed by atoms with van der Waals surface area (Å²) in [6.07, 6.45) is 3.93. The van der Waals surface area contributed by atoms with Crippen LogP contribution in [0.3, 0.4) is 0 Å². The van der Waals surface area contributed by atoms with Crippen LogP contribution in [0.1, 0.15) is 28.5 Å². The number of carbonyl (C=O) groups excluding carboxylic acids is 1. The molecule has 0 aliphatic heterocycles. The predicted molar refractivity (Wildman–Crippen MR) is 65.7 cm³/mol. The average molecular weight is 227 g/mol. The van der Waals surface area contributed by atoms with Crippen molar-refractivity contribution in [2.24, 2.45) is 0 Å². The number of rotatable bonds is 3. The Kier molecular flexibility index (Phi) is 3.14. The van der Waals surface area contributed by atoms with E-state index in [1.807, 2.05) is 19.1 Å². The fourth-order valence-electron chi connectivity index (χ4n) is 1.67. The summed E-state index contributed by atoms with van der Waals surface area (Å²) in [5.74, 6) is 0.0678. The quantitative estimate of drug-likeness (QED) is 0.812. The molecule has 0 saturated carbocycles. The van der Waals surface area contributed by atoms with Gasteiger partial charge in [-0.05, 0) is 30.2 Å². The van der Waals surface area contributed by atoms with Crippen LogP contribution in [0, 0.1) is 0 Å². The molecule has 0 fully saturated rings. The molecule has 0 saturated heterocycles. The summed E-state index contributed by atoms with van der Waals surface area (Å²) in [5.41, 5.74) is 7.47. The third-order valence-electron chi connectivity index (χ3n) is 2.57. The number of nitrogen functional groups attached to an aromatic ring is 1. The number of nitrogens with two attached hydrogens (primary N) is 1. The molecule has 0 unspecified atom stereocenters. The second-order valence-corrected chi connectivity index (χ2v) is 3.63. The van der Waals surface area contributed by atoms with Gasteiger partial charge in [-0.1, -0.05) is 13.0 Å². The summed E-state index contributed by atoms with van der Waals surface area (Å²) < 4.78 is 0. The maximum atomic E-state index is 12.3. The molecular weight excluding hydrogens is 214 g/mol. The molecule has 4 nitrogen and oxygen atoms in total. The Balaban J connectivity index is 2.48. The lowest BCUT2D eigenvalue weighted by Crippen LogP contribution is -2.10. The van der Waals surface area contributed by atoms with Gasteiger partial charge in [0.2, 0.25) is 5.78 Å². The number of pyridine rings is 2. The molecule has 0 aromatic carbocycles. The zero-order valence-electron chi connectivity index (χ0n) is 9.55. The molecule has 2 heterocycles. The minimum atomic E-state index is -0.173. The van der Waals surface area contributed by atoms with Crippen molar-refractivity contribution in [1.82, 2.24) is 9.97 Å². The van der Waals surface area contributed by atoms with Crippen LogP contribution >= 0.6 is 0 Å². The molecular formula is C13H13N3O. The lowest BCUT2D eigenvalue weighted by atomic mass is 10.0. The first kappa shape index (κ1) is 11.3. The molecule has 2 aromatic heterocycles. The smallest absolute Gasteiger partial charge is 0.215 e. The van der Waals surface area contributed by atoms with Gasteiger partial charge in [0.15, 0.2) is 0 Å². The first-order chi connectivity index (χ1) is 8.24. The van der Waals surface area contributed by atoms with Crippen molar-refractivity contribution in [2.75, 3.05) is 5.73 Å². The number of carbonyl (C=O) groups is 1. The van der Waals surface area contributed by atoms with Crippen molar-refractivity contribution in [3.05, 3.63) is 53.5 Å². The molecule has 2 rings (SSSR count).